The minimum absolute atomic E-state index is 0. The van der Waals surface area contributed by atoms with Crippen molar-refractivity contribution in [2.24, 2.45) is 0 Å². The molecule has 2 aliphatic heterocycles. The summed E-state index contributed by atoms with van der Waals surface area (Å²) in [4.78, 5) is 0. The molecule has 2 saturated heterocycles. The van der Waals surface area contributed by atoms with Crippen molar-refractivity contribution in [3.05, 3.63) is 70.8 Å². The summed E-state index contributed by atoms with van der Waals surface area (Å²) in [6.45, 7) is 32.6. The molecule has 0 amide bonds. The molecule has 13 heteroatoms. The Morgan fingerprint density at radius 3 is 0.844 bits per heavy atom. The van der Waals surface area contributed by atoms with Crippen molar-refractivity contribution in [1.29, 1.82) is 0 Å². The van der Waals surface area contributed by atoms with Crippen LogP contribution in [0.4, 0.5) is 11.4 Å². The first-order chi connectivity index (χ1) is 19.6. The molecule has 2 heterocycles. The van der Waals surface area contributed by atoms with Crippen LogP contribution in [0.2, 0.25) is 26.2 Å². The van der Waals surface area contributed by atoms with Gasteiger partial charge in [-0.1, -0.05) is 60.7 Å². The van der Waals surface area contributed by atoms with Gasteiger partial charge in [-0.2, -0.15) is 17.3 Å². The Labute approximate surface area is 303 Å². The summed E-state index contributed by atoms with van der Waals surface area (Å²) >= 11 is 12.5. The van der Waals surface area contributed by atoms with E-state index >= 15 is 0 Å². The van der Waals surface area contributed by atoms with Crippen LogP contribution in [-0.4, -0.2) is 56.3 Å². The predicted octanol–water partition coefficient (Wildman–Crippen LogP) is 11.7. The van der Waals surface area contributed by atoms with E-state index in [4.69, 9.17) is 34.7 Å². The molecule has 45 heavy (non-hydrogen) atoms. The van der Waals surface area contributed by atoms with Gasteiger partial charge in [0.1, 0.15) is 0 Å². The zero-order chi connectivity index (χ0) is 33.9. The molecular weight excluding hydrogens is 716 g/mol. The Bertz CT molecular complexity index is 1130. The zero-order valence-electron chi connectivity index (χ0n) is 30.9. The molecule has 250 valence electrons. The van der Waals surface area contributed by atoms with Gasteiger partial charge < -0.3 is 34.7 Å². The topological polar surface area (TPSA) is 41.2 Å². The molecule has 2 aliphatic rings. The Hall–Kier alpha value is 0.497. The van der Waals surface area contributed by atoms with E-state index in [1.807, 2.05) is 36.4 Å². The number of benzene rings is 2. The van der Waals surface area contributed by atoms with Gasteiger partial charge in [-0.05, 0) is 123 Å². The van der Waals surface area contributed by atoms with Gasteiger partial charge in [0.05, 0.1) is 0 Å². The van der Waals surface area contributed by atoms with E-state index in [0.29, 0.717) is 0 Å². The molecule has 0 aromatic heterocycles. The quantitative estimate of drug-likeness (QED) is 0.175. The minimum atomic E-state index is -2.11. The number of nitrogens with zero attached hydrogens (tertiary/aromatic N) is 6. The second-order valence-corrected chi connectivity index (χ2v) is 33.1. The summed E-state index contributed by atoms with van der Waals surface area (Å²) in [5.41, 5.74) is 2.19. The molecule has 0 aliphatic carbocycles. The van der Waals surface area contributed by atoms with Crippen molar-refractivity contribution in [3.8, 4) is 0 Å². The Morgan fingerprint density at radius 2 is 0.667 bits per heavy atom. The van der Waals surface area contributed by atoms with Crippen LogP contribution in [0.5, 0.6) is 0 Å². The summed E-state index contributed by atoms with van der Waals surface area (Å²) < 4.78 is 10.3. The van der Waals surface area contributed by atoms with Crippen molar-refractivity contribution in [1.82, 2.24) is 17.3 Å². The van der Waals surface area contributed by atoms with Gasteiger partial charge >= 0.3 is 0 Å². The van der Waals surface area contributed by atoms with Crippen molar-refractivity contribution >= 4 is 66.5 Å². The average molecular weight is 775 g/mol. The fraction of sp³-hybridized carbons (Fsp3) is 0.625. The monoisotopic (exact) mass is 772 g/mol. The minimum Gasteiger partial charge on any atom is -0.530 e. The predicted molar refractivity (Wildman–Crippen MR) is 209 cm³/mol. The molecular formula is C32H58N6P2S2Si2Zn-2. The third kappa shape index (κ3) is 8.28. The van der Waals surface area contributed by atoms with Crippen LogP contribution in [0.1, 0.15) is 83.1 Å². The van der Waals surface area contributed by atoms with Crippen molar-refractivity contribution in [2.75, 3.05) is 0 Å². The van der Waals surface area contributed by atoms with E-state index in [1.165, 1.54) is 0 Å². The van der Waals surface area contributed by atoms with Crippen LogP contribution in [0.15, 0.2) is 60.7 Å². The summed E-state index contributed by atoms with van der Waals surface area (Å²) in [7, 11) is -3.50. The van der Waals surface area contributed by atoms with Crippen LogP contribution >= 0.6 is 13.8 Å². The van der Waals surface area contributed by atoms with Gasteiger partial charge in [-0.25, -0.2) is 0 Å². The van der Waals surface area contributed by atoms with Crippen molar-refractivity contribution < 1.29 is 19.5 Å². The molecule has 6 nitrogen and oxygen atoms in total. The van der Waals surface area contributed by atoms with Crippen molar-refractivity contribution in [3.63, 3.8) is 0 Å². The maximum Gasteiger partial charge on any atom is 0.276 e. The van der Waals surface area contributed by atoms with E-state index < -0.39 is 30.6 Å². The van der Waals surface area contributed by atoms with Crippen LogP contribution in [-0.2, 0) is 44.0 Å². The van der Waals surface area contributed by atoms with Crippen LogP contribution in [0.3, 0.4) is 0 Å². The maximum atomic E-state index is 6.23. The summed E-state index contributed by atoms with van der Waals surface area (Å²) in [5.74, 6) is 0. The molecule has 0 atom stereocenters. The molecule has 4 rings (SSSR count). The third-order valence-corrected chi connectivity index (χ3v) is 33.4. The van der Waals surface area contributed by atoms with E-state index in [-0.39, 0.29) is 41.6 Å². The second kappa shape index (κ2) is 13.7. The van der Waals surface area contributed by atoms with Gasteiger partial charge in [0.15, 0.2) is 0 Å². The number of hydrogen-bond acceptors (Lipinski definition) is 6. The largest absolute Gasteiger partial charge is 0.530 e. The SMILES string of the molecule is CC(C)(C)N1[Si](C)(C)N(C(C)(C)C)[P+]1([S-])[N-]c1ccccc1.CC(C)(C)N1[Si](C)(C)N(C(C)(C)C)[P+]1([S-])[N-]c1ccccc1.[Zn]. The Balaban J connectivity index is 0.000000307. The first kappa shape index (κ1) is 41.7. The molecule has 0 spiro atoms. The van der Waals surface area contributed by atoms with Gasteiger partial charge in [-0.3, -0.25) is 0 Å². The third-order valence-electron chi connectivity index (χ3n) is 7.66. The molecule has 0 saturated carbocycles. The molecule has 0 radical (unpaired) electrons. The van der Waals surface area contributed by atoms with Crippen LogP contribution in [0.25, 0.3) is 10.2 Å². The maximum absolute atomic E-state index is 6.23. The van der Waals surface area contributed by atoms with Gasteiger partial charge in [0.2, 0.25) is 0 Å². The van der Waals surface area contributed by atoms with E-state index in [0.717, 1.165) is 11.4 Å². The fourth-order valence-electron chi connectivity index (χ4n) is 7.87. The molecule has 0 unspecified atom stereocenters. The molecule has 2 fully saturated rings. The molecule has 2 aromatic rings. The summed E-state index contributed by atoms with van der Waals surface area (Å²) in [5, 5.41) is 10.2. The van der Waals surface area contributed by atoms with Crippen molar-refractivity contribution in [2.45, 2.75) is 131 Å². The summed E-state index contributed by atoms with van der Waals surface area (Å²) in [6.07, 6.45) is 0. The van der Waals surface area contributed by atoms with Gasteiger partial charge in [0, 0.05) is 41.6 Å². The van der Waals surface area contributed by atoms with Crippen LogP contribution < -0.4 is 0 Å². The first-order valence-corrected chi connectivity index (χ1v) is 26.7. The second-order valence-electron chi connectivity index (χ2n) is 16.8. The average Bonchev–Trinajstić information content (AvgIpc) is 2.74. The fourth-order valence-corrected chi connectivity index (χ4v) is 41.9. The zero-order valence-corrected chi connectivity index (χ0v) is 39.3. The molecule has 0 N–H and O–H groups in total. The first-order valence-electron chi connectivity index (χ1n) is 15.6. The smallest absolute Gasteiger partial charge is 0.276 e. The molecule has 0 bridgehead atoms. The van der Waals surface area contributed by atoms with E-state index in [2.05, 4.69) is 151 Å². The Kier molecular flexibility index (Phi) is 12.7. The van der Waals surface area contributed by atoms with Gasteiger partial charge in [-0.15, -0.1) is 11.4 Å². The number of rotatable bonds is 4. The van der Waals surface area contributed by atoms with Gasteiger partial charge in [0.25, 0.3) is 16.8 Å². The Morgan fingerprint density at radius 1 is 0.467 bits per heavy atom. The standard InChI is InChI=1S/2C16H29N3PSSi.Zn/c2*1-15(2,3)18-20(21,17-14-12-10-9-11-13-14)19(16(4,5)6)22(18,7)8;/h2*9-13H,1-8H3;/q2*-1;. The number of hydrogen-bond donors (Lipinski definition) is 0. The van der Waals surface area contributed by atoms with E-state index in [9.17, 15) is 0 Å². The molecule has 2 aromatic carbocycles. The normalized spacial score (nSPS) is 21.7. The summed E-state index contributed by atoms with van der Waals surface area (Å²) in [6, 6.07) is 20.4. The van der Waals surface area contributed by atoms with E-state index in [1.54, 1.807) is 0 Å². The van der Waals surface area contributed by atoms with Crippen LogP contribution in [0, 0.1) is 0 Å².